The van der Waals surface area contributed by atoms with E-state index in [-0.39, 0.29) is 6.03 Å². The standard InChI is InChI=1S/C21H18ClN3O/c1-2-13-5-3-8-18-17-10-9-16(12-19(17)25-20(13)18)24-21(26)23-15-7-4-6-14(22)11-15/h3-12,25H,2H2,1H3,(H2,23,24,26). The molecule has 0 unspecified atom stereocenters. The second-order valence-electron chi connectivity index (χ2n) is 6.17. The van der Waals surface area contributed by atoms with Crippen LogP contribution in [0.5, 0.6) is 0 Å². The molecule has 1 aromatic heterocycles. The van der Waals surface area contributed by atoms with Gasteiger partial charge in [-0.2, -0.15) is 0 Å². The van der Waals surface area contributed by atoms with Crippen molar-refractivity contribution in [3.63, 3.8) is 0 Å². The average molecular weight is 364 g/mol. The summed E-state index contributed by atoms with van der Waals surface area (Å²) in [6.07, 6.45) is 0.970. The summed E-state index contributed by atoms with van der Waals surface area (Å²) in [5.41, 5.74) is 4.81. The van der Waals surface area contributed by atoms with Crippen molar-refractivity contribution in [3.05, 3.63) is 71.2 Å². The predicted molar refractivity (Wildman–Crippen MR) is 109 cm³/mol. The van der Waals surface area contributed by atoms with Crippen LogP contribution in [0.2, 0.25) is 5.02 Å². The molecule has 0 fully saturated rings. The minimum atomic E-state index is -0.308. The molecule has 4 nitrogen and oxygen atoms in total. The number of benzene rings is 3. The Morgan fingerprint density at radius 2 is 1.73 bits per heavy atom. The number of halogens is 1. The van der Waals surface area contributed by atoms with Gasteiger partial charge in [-0.15, -0.1) is 0 Å². The zero-order valence-electron chi connectivity index (χ0n) is 14.3. The number of aromatic nitrogens is 1. The Hall–Kier alpha value is -2.98. The molecule has 0 bridgehead atoms. The van der Waals surface area contributed by atoms with Gasteiger partial charge in [0.2, 0.25) is 0 Å². The predicted octanol–water partition coefficient (Wildman–Crippen LogP) is 6.18. The molecule has 1 heterocycles. The van der Waals surface area contributed by atoms with Gasteiger partial charge >= 0.3 is 6.03 Å². The first-order valence-electron chi connectivity index (χ1n) is 8.51. The van der Waals surface area contributed by atoms with Gasteiger partial charge in [-0.05, 0) is 42.3 Å². The summed E-state index contributed by atoms with van der Waals surface area (Å²) >= 11 is 5.94. The van der Waals surface area contributed by atoms with Gasteiger partial charge in [-0.25, -0.2) is 4.79 Å². The Labute approximate surface area is 156 Å². The molecule has 0 radical (unpaired) electrons. The number of carbonyl (C=O) groups excluding carboxylic acids is 1. The number of H-pyrrole nitrogens is 1. The Morgan fingerprint density at radius 1 is 0.962 bits per heavy atom. The molecule has 0 saturated heterocycles. The SMILES string of the molecule is CCc1cccc2c1[nH]c1cc(NC(=O)Nc3cccc(Cl)c3)ccc12. The summed E-state index contributed by atoms with van der Waals surface area (Å²) < 4.78 is 0. The lowest BCUT2D eigenvalue weighted by Crippen LogP contribution is -2.19. The molecule has 0 atom stereocenters. The van der Waals surface area contributed by atoms with Gasteiger partial charge in [0.15, 0.2) is 0 Å². The molecule has 0 saturated carbocycles. The van der Waals surface area contributed by atoms with Crippen LogP contribution in [-0.2, 0) is 6.42 Å². The van der Waals surface area contributed by atoms with Crippen LogP contribution in [0.25, 0.3) is 21.8 Å². The number of aromatic amines is 1. The van der Waals surface area contributed by atoms with Crippen molar-refractivity contribution in [2.75, 3.05) is 10.6 Å². The third-order valence-corrected chi connectivity index (χ3v) is 4.68. The summed E-state index contributed by atoms with van der Waals surface area (Å²) in [6, 6.07) is 19.0. The monoisotopic (exact) mass is 363 g/mol. The topological polar surface area (TPSA) is 56.9 Å². The summed E-state index contributed by atoms with van der Waals surface area (Å²) in [5, 5.41) is 8.57. The normalized spacial score (nSPS) is 11.0. The highest BCUT2D eigenvalue weighted by molar-refractivity contribution is 6.30. The van der Waals surface area contributed by atoms with E-state index in [1.54, 1.807) is 24.3 Å². The van der Waals surface area contributed by atoms with Crippen LogP contribution in [0.3, 0.4) is 0 Å². The van der Waals surface area contributed by atoms with Gasteiger partial charge in [0, 0.05) is 38.2 Å². The number of hydrogen-bond acceptors (Lipinski definition) is 1. The van der Waals surface area contributed by atoms with Gasteiger partial charge in [-0.3, -0.25) is 0 Å². The minimum Gasteiger partial charge on any atom is -0.354 e. The first-order valence-corrected chi connectivity index (χ1v) is 8.89. The largest absolute Gasteiger partial charge is 0.354 e. The van der Waals surface area contributed by atoms with E-state index in [1.165, 1.54) is 10.9 Å². The fraction of sp³-hybridized carbons (Fsp3) is 0.0952. The van der Waals surface area contributed by atoms with E-state index in [0.29, 0.717) is 10.7 Å². The highest BCUT2D eigenvalue weighted by Gasteiger charge is 2.09. The summed E-state index contributed by atoms with van der Waals surface area (Å²) in [5.74, 6) is 0. The van der Waals surface area contributed by atoms with Crippen LogP contribution < -0.4 is 10.6 Å². The van der Waals surface area contributed by atoms with Crippen molar-refractivity contribution in [3.8, 4) is 0 Å². The average Bonchev–Trinajstić information content (AvgIpc) is 2.99. The molecule has 0 spiro atoms. The van der Waals surface area contributed by atoms with Gasteiger partial charge in [0.25, 0.3) is 0 Å². The number of carbonyl (C=O) groups is 1. The summed E-state index contributed by atoms with van der Waals surface area (Å²) in [6.45, 7) is 2.15. The number of nitrogens with one attached hydrogen (secondary N) is 3. The van der Waals surface area contributed by atoms with Gasteiger partial charge in [-0.1, -0.05) is 48.9 Å². The maximum atomic E-state index is 12.2. The molecule has 26 heavy (non-hydrogen) atoms. The lowest BCUT2D eigenvalue weighted by Gasteiger charge is -2.08. The van der Waals surface area contributed by atoms with Crippen LogP contribution in [0.1, 0.15) is 12.5 Å². The smallest absolute Gasteiger partial charge is 0.323 e. The van der Waals surface area contributed by atoms with Crippen molar-refractivity contribution in [2.45, 2.75) is 13.3 Å². The maximum absolute atomic E-state index is 12.2. The third-order valence-electron chi connectivity index (χ3n) is 4.44. The van der Waals surface area contributed by atoms with Gasteiger partial charge < -0.3 is 15.6 Å². The Bertz CT molecular complexity index is 1120. The number of aryl methyl sites for hydroxylation is 1. The van der Waals surface area contributed by atoms with Crippen molar-refractivity contribution < 1.29 is 4.79 Å². The number of para-hydroxylation sites is 1. The number of urea groups is 1. The fourth-order valence-electron chi connectivity index (χ4n) is 3.22. The van der Waals surface area contributed by atoms with E-state index < -0.39 is 0 Å². The molecule has 130 valence electrons. The molecule has 0 aliphatic heterocycles. The Kier molecular flexibility index (Phi) is 4.27. The molecule has 4 aromatic rings. The number of anilines is 2. The van der Waals surface area contributed by atoms with Crippen molar-refractivity contribution in [1.82, 2.24) is 4.98 Å². The molecule has 5 heteroatoms. The first kappa shape index (κ1) is 16.5. The number of rotatable bonds is 3. The van der Waals surface area contributed by atoms with Crippen LogP contribution in [0.15, 0.2) is 60.7 Å². The second-order valence-corrected chi connectivity index (χ2v) is 6.60. The lowest BCUT2D eigenvalue weighted by atomic mass is 10.1. The molecule has 4 rings (SSSR count). The van der Waals surface area contributed by atoms with Crippen LogP contribution in [0.4, 0.5) is 16.2 Å². The van der Waals surface area contributed by atoms with E-state index in [0.717, 1.165) is 28.5 Å². The van der Waals surface area contributed by atoms with E-state index in [1.807, 2.05) is 18.2 Å². The Balaban J connectivity index is 1.61. The third kappa shape index (κ3) is 3.11. The van der Waals surface area contributed by atoms with E-state index in [2.05, 4.69) is 40.7 Å². The van der Waals surface area contributed by atoms with E-state index in [9.17, 15) is 4.79 Å². The first-order chi connectivity index (χ1) is 12.6. The van der Waals surface area contributed by atoms with Crippen molar-refractivity contribution >= 4 is 50.8 Å². The maximum Gasteiger partial charge on any atom is 0.323 e. The summed E-state index contributed by atoms with van der Waals surface area (Å²) in [4.78, 5) is 15.7. The quantitative estimate of drug-likeness (QED) is 0.400. The van der Waals surface area contributed by atoms with Crippen LogP contribution >= 0.6 is 11.6 Å². The van der Waals surface area contributed by atoms with Crippen molar-refractivity contribution in [1.29, 1.82) is 0 Å². The second kappa shape index (κ2) is 6.73. The van der Waals surface area contributed by atoms with Crippen molar-refractivity contribution in [2.24, 2.45) is 0 Å². The molecule has 3 aromatic carbocycles. The fourth-order valence-corrected chi connectivity index (χ4v) is 3.41. The van der Waals surface area contributed by atoms with Gasteiger partial charge in [0.1, 0.15) is 0 Å². The molecule has 0 aliphatic rings. The zero-order valence-corrected chi connectivity index (χ0v) is 15.0. The number of amides is 2. The molecule has 3 N–H and O–H groups in total. The highest BCUT2D eigenvalue weighted by atomic mass is 35.5. The van der Waals surface area contributed by atoms with E-state index >= 15 is 0 Å². The molecular weight excluding hydrogens is 346 g/mol. The Morgan fingerprint density at radius 3 is 2.50 bits per heavy atom. The molecular formula is C21H18ClN3O. The van der Waals surface area contributed by atoms with Crippen LogP contribution in [0, 0.1) is 0 Å². The van der Waals surface area contributed by atoms with Gasteiger partial charge in [0.05, 0.1) is 0 Å². The summed E-state index contributed by atoms with van der Waals surface area (Å²) in [7, 11) is 0. The number of fused-ring (bicyclic) bond motifs is 3. The molecule has 0 aliphatic carbocycles. The molecule has 2 amide bonds. The van der Waals surface area contributed by atoms with Crippen LogP contribution in [-0.4, -0.2) is 11.0 Å². The zero-order chi connectivity index (χ0) is 18.1. The minimum absolute atomic E-state index is 0.308. The lowest BCUT2D eigenvalue weighted by molar-refractivity contribution is 0.262. The van der Waals surface area contributed by atoms with E-state index in [4.69, 9.17) is 11.6 Å². The highest BCUT2D eigenvalue weighted by Crippen LogP contribution is 2.29. The number of hydrogen-bond donors (Lipinski definition) is 3.